The van der Waals surface area contributed by atoms with Crippen molar-refractivity contribution in [2.75, 3.05) is 14.2 Å². The van der Waals surface area contributed by atoms with Gasteiger partial charge >= 0.3 is 21.6 Å². The fourth-order valence-electron chi connectivity index (χ4n) is 2.25. The molecular weight excluding hydrogens is 405 g/mol. The zero-order chi connectivity index (χ0) is 21.0. The zero-order valence-corrected chi connectivity index (χ0v) is 17.3. The maximum absolute atomic E-state index is 12.8. The van der Waals surface area contributed by atoms with Gasteiger partial charge in [0.25, 0.3) is 0 Å². The first kappa shape index (κ1) is 23.0. The summed E-state index contributed by atoms with van der Waals surface area (Å²) in [6, 6.07) is 2.78. The largest absolute Gasteiger partial charge is 0.534 e. The molecule has 152 valence electrons. The van der Waals surface area contributed by atoms with E-state index in [1.54, 1.807) is 6.07 Å². The molecule has 0 bridgehead atoms. The molecule has 1 rings (SSSR count). The van der Waals surface area contributed by atoms with Crippen LogP contribution in [0, 0.1) is 0 Å². The second-order valence-corrected chi connectivity index (χ2v) is 13.1. The van der Waals surface area contributed by atoms with Crippen LogP contribution in [0.1, 0.15) is 5.56 Å². The van der Waals surface area contributed by atoms with E-state index in [0.717, 1.165) is 6.08 Å². The van der Waals surface area contributed by atoms with Crippen LogP contribution >= 0.6 is 0 Å². The van der Waals surface area contributed by atoms with Gasteiger partial charge in [-0.25, -0.2) is 4.79 Å². The van der Waals surface area contributed by atoms with E-state index < -0.39 is 35.4 Å². The van der Waals surface area contributed by atoms with Crippen LogP contribution in [-0.4, -0.2) is 42.2 Å². The molecule has 0 aliphatic rings. The number of benzene rings is 1. The molecule has 1 aromatic rings. The summed E-state index contributed by atoms with van der Waals surface area (Å²) in [7, 11) is -5.66. The lowest BCUT2D eigenvalue weighted by Gasteiger charge is -2.24. The molecular formula is C16H21F3O6SSi. The Bertz CT molecular complexity index is 826. The predicted octanol–water partition coefficient (Wildman–Crippen LogP) is 2.74. The Balaban J connectivity index is 3.49. The van der Waals surface area contributed by atoms with Crippen molar-refractivity contribution in [3.8, 4) is 11.5 Å². The lowest BCUT2D eigenvalue weighted by molar-refractivity contribution is -0.134. The zero-order valence-electron chi connectivity index (χ0n) is 15.5. The van der Waals surface area contributed by atoms with E-state index in [-0.39, 0.29) is 12.2 Å². The maximum Gasteiger partial charge on any atom is 0.534 e. The van der Waals surface area contributed by atoms with Gasteiger partial charge in [0.1, 0.15) is 11.5 Å². The minimum atomic E-state index is -5.84. The van der Waals surface area contributed by atoms with E-state index in [2.05, 4.69) is 8.92 Å². The molecule has 0 amide bonds. The van der Waals surface area contributed by atoms with Crippen LogP contribution in [0.15, 0.2) is 24.3 Å². The third kappa shape index (κ3) is 5.99. The molecule has 27 heavy (non-hydrogen) atoms. The first-order chi connectivity index (χ1) is 12.2. The molecule has 11 heteroatoms. The van der Waals surface area contributed by atoms with Crippen molar-refractivity contribution in [1.82, 2.24) is 0 Å². The monoisotopic (exact) mass is 426 g/mol. The van der Waals surface area contributed by atoms with E-state index >= 15 is 0 Å². The van der Waals surface area contributed by atoms with Crippen molar-refractivity contribution in [3.63, 3.8) is 0 Å². The van der Waals surface area contributed by atoms with Gasteiger partial charge in [-0.1, -0.05) is 25.7 Å². The molecule has 0 saturated heterocycles. The van der Waals surface area contributed by atoms with Gasteiger partial charge in [-0.15, -0.1) is 0 Å². The Morgan fingerprint density at radius 3 is 2.15 bits per heavy atom. The summed E-state index contributed by atoms with van der Waals surface area (Å²) in [5, 5.41) is 0.304. The van der Waals surface area contributed by atoms with Gasteiger partial charge in [-0.2, -0.15) is 21.6 Å². The average Bonchev–Trinajstić information content (AvgIpc) is 2.51. The minimum absolute atomic E-state index is 0.125. The lowest BCUT2D eigenvalue weighted by Crippen LogP contribution is -2.41. The number of hydrogen-bond donors (Lipinski definition) is 0. The number of ether oxygens (including phenoxy) is 2. The highest BCUT2D eigenvalue weighted by Gasteiger charge is 2.49. The fraction of sp³-hybridized carbons (Fsp3) is 0.438. The molecule has 0 heterocycles. The van der Waals surface area contributed by atoms with Crippen LogP contribution in [0.5, 0.6) is 11.5 Å². The highest BCUT2D eigenvalue weighted by Crippen LogP contribution is 2.31. The first-order valence-electron chi connectivity index (χ1n) is 7.69. The van der Waals surface area contributed by atoms with Crippen molar-refractivity contribution in [1.29, 1.82) is 0 Å². The molecule has 0 fully saturated rings. The average molecular weight is 426 g/mol. The molecule has 1 aromatic carbocycles. The van der Waals surface area contributed by atoms with Crippen molar-refractivity contribution in [2.24, 2.45) is 0 Å². The summed E-state index contributed by atoms with van der Waals surface area (Å²) in [6.45, 7) is 5.44. The third-order valence-electron chi connectivity index (χ3n) is 3.39. The third-order valence-corrected chi connectivity index (χ3v) is 6.35. The molecule has 0 atom stereocenters. The van der Waals surface area contributed by atoms with Crippen LogP contribution in [-0.2, 0) is 26.1 Å². The standard InChI is InChI=1S/C16H21F3O6SSi/c1-23-12-9-11(7-6-8-14(20)24-2)10-13(15(12)27(3,4)5)25-26(21,22)16(17,18)19/h6,8-10H,7H2,1-5H3/b8-6+. The molecule has 0 aromatic heterocycles. The van der Waals surface area contributed by atoms with E-state index in [4.69, 9.17) is 4.74 Å². The summed E-state index contributed by atoms with van der Waals surface area (Å²) in [6.07, 6.45) is 2.70. The Morgan fingerprint density at radius 2 is 1.70 bits per heavy atom. The van der Waals surface area contributed by atoms with Crippen LogP contribution in [0.25, 0.3) is 0 Å². The first-order valence-corrected chi connectivity index (χ1v) is 12.6. The fourth-order valence-corrected chi connectivity index (χ4v) is 4.56. The van der Waals surface area contributed by atoms with Gasteiger partial charge in [0.2, 0.25) is 0 Å². The van der Waals surface area contributed by atoms with Crippen LogP contribution in [0.3, 0.4) is 0 Å². The van der Waals surface area contributed by atoms with Crippen LogP contribution in [0.4, 0.5) is 13.2 Å². The summed E-state index contributed by atoms with van der Waals surface area (Å²) < 4.78 is 75.5. The minimum Gasteiger partial charge on any atom is -0.497 e. The number of methoxy groups -OCH3 is 2. The number of halogens is 3. The predicted molar refractivity (Wildman–Crippen MR) is 96.4 cm³/mol. The van der Waals surface area contributed by atoms with Gasteiger partial charge in [0.15, 0.2) is 0 Å². The number of rotatable bonds is 7. The summed E-state index contributed by atoms with van der Waals surface area (Å²) in [5.74, 6) is -0.797. The molecule has 0 unspecified atom stereocenters. The Kier molecular flexibility index (Phi) is 7.11. The highest BCUT2D eigenvalue weighted by atomic mass is 32.2. The second-order valence-electron chi connectivity index (χ2n) is 6.53. The maximum atomic E-state index is 12.8. The highest BCUT2D eigenvalue weighted by molar-refractivity contribution is 7.88. The summed E-state index contributed by atoms with van der Waals surface area (Å²) >= 11 is 0. The van der Waals surface area contributed by atoms with Gasteiger partial charge in [-0.3, -0.25) is 0 Å². The van der Waals surface area contributed by atoms with Gasteiger partial charge in [0.05, 0.1) is 22.3 Å². The quantitative estimate of drug-likeness (QED) is 0.219. The number of hydrogen-bond acceptors (Lipinski definition) is 6. The molecule has 6 nitrogen and oxygen atoms in total. The van der Waals surface area contributed by atoms with Crippen LogP contribution in [0.2, 0.25) is 19.6 Å². The van der Waals surface area contributed by atoms with E-state index in [9.17, 15) is 26.4 Å². The van der Waals surface area contributed by atoms with Crippen molar-refractivity contribution in [3.05, 3.63) is 29.8 Å². The van der Waals surface area contributed by atoms with E-state index in [0.29, 0.717) is 10.8 Å². The molecule has 0 aliphatic heterocycles. The van der Waals surface area contributed by atoms with Gasteiger partial charge < -0.3 is 13.7 Å². The Labute approximate surface area is 157 Å². The lowest BCUT2D eigenvalue weighted by atomic mass is 10.1. The summed E-state index contributed by atoms with van der Waals surface area (Å²) in [5.41, 5.74) is -5.15. The van der Waals surface area contributed by atoms with E-state index in [1.165, 1.54) is 26.4 Å². The number of carbonyl (C=O) groups excluding carboxylic acids is 1. The van der Waals surface area contributed by atoms with Crippen molar-refractivity contribution in [2.45, 2.75) is 31.6 Å². The van der Waals surface area contributed by atoms with Crippen molar-refractivity contribution >= 4 is 29.3 Å². The molecule has 0 N–H and O–H groups in total. The summed E-state index contributed by atoms with van der Waals surface area (Å²) in [4.78, 5) is 11.1. The van der Waals surface area contributed by atoms with Gasteiger partial charge in [-0.05, 0) is 24.1 Å². The number of alkyl halides is 3. The van der Waals surface area contributed by atoms with Crippen molar-refractivity contribution < 1.29 is 40.0 Å². The molecule has 0 spiro atoms. The Morgan fingerprint density at radius 1 is 1.15 bits per heavy atom. The number of allylic oxidation sites excluding steroid dienone is 1. The van der Waals surface area contributed by atoms with Crippen LogP contribution < -0.4 is 14.1 Å². The smallest absolute Gasteiger partial charge is 0.497 e. The molecule has 0 radical (unpaired) electrons. The number of esters is 1. The topological polar surface area (TPSA) is 78.9 Å². The van der Waals surface area contributed by atoms with Gasteiger partial charge in [0, 0.05) is 11.3 Å². The molecule has 0 saturated carbocycles. The molecule has 0 aliphatic carbocycles. The Hall–Kier alpha value is -2.01. The number of carbonyl (C=O) groups is 1. The second kappa shape index (κ2) is 8.34. The SMILES string of the molecule is COC(=O)/C=C/Cc1cc(OC)c([Si](C)(C)C)c(OS(=O)(=O)C(F)(F)F)c1. The van der Waals surface area contributed by atoms with E-state index in [1.807, 2.05) is 19.6 Å². The normalized spacial score (nSPS) is 12.9.